The van der Waals surface area contributed by atoms with Gasteiger partial charge in [-0.15, -0.1) is 0 Å². The van der Waals surface area contributed by atoms with Crippen LogP contribution in [0.5, 0.6) is 11.5 Å². The number of aryl methyl sites for hydroxylation is 1. The van der Waals surface area contributed by atoms with Gasteiger partial charge in [-0.05, 0) is 57.5 Å². The van der Waals surface area contributed by atoms with E-state index in [1.54, 1.807) is 30.5 Å². The number of ether oxygens (including phenoxy) is 1. The predicted molar refractivity (Wildman–Crippen MR) is 108 cm³/mol. The molecule has 0 fully saturated rings. The quantitative estimate of drug-likeness (QED) is 0.623. The molecule has 0 spiro atoms. The van der Waals surface area contributed by atoms with Crippen LogP contribution in [-0.4, -0.2) is 21.7 Å². The summed E-state index contributed by atoms with van der Waals surface area (Å²) in [4.78, 5) is 17.4. The Labute approximate surface area is 158 Å². The number of carbonyl (C=O) groups is 1. The van der Waals surface area contributed by atoms with Crippen molar-refractivity contribution in [1.29, 1.82) is 0 Å². The van der Waals surface area contributed by atoms with Crippen molar-refractivity contribution in [2.75, 3.05) is 10.6 Å². The Hall–Kier alpha value is -3.28. The van der Waals surface area contributed by atoms with E-state index in [0.717, 1.165) is 10.9 Å². The average molecular weight is 365 g/mol. The molecule has 140 valence electrons. The van der Waals surface area contributed by atoms with Crippen molar-refractivity contribution in [3.8, 4) is 11.5 Å². The van der Waals surface area contributed by atoms with Crippen LogP contribution in [0.2, 0.25) is 0 Å². The maximum Gasteiger partial charge on any atom is 0.412 e. The highest BCUT2D eigenvalue weighted by Gasteiger charge is 2.28. The van der Waals surface area contributed by atoms with Crippen LogP contribution in [0.15, 0.2) is 48.7 Å². The van der Waals surface area contributed by atoms with Crippen molar-refractivity contribution in [2.45, 2.75) is 33.2 Å². The molecule has 0 saturated carbocycles. The number of hydrogen-bond acceptors (Lipinski definition) is 4. The monoisotopic (exact) mass is 365 g/mol. The number of hydrogen-bond donors (Lipinski definition) is 2. The smallest absolute Gasteiger partial charge is 0.412 e. The second kappa shape index (κ2) is 6.79. The van der Waals surface area contributed by atoms with Crippen molar-refractivity contribution in [3.63, 3.8) is 0 Å². The standard InChI is InChI=1S/C21H23N3O3/c1-13-8-9-14(24(20(25)26)21(2,3)4)12-18(13)27-17-10-11-23-19-15(17)6-5-7-16(19)22/h5-12H,22H2,1-4H3,(H,25,26). The van der Waals surface area contributed by atoms with Gasteiger partial charge in [0, 0.05) is 23.2 Å². The topological polar surface area (TPSA) is 88.7 Å². The minimum atomic E-state index is -1.01. The number of nitrogen functional groups attached to an aromatic ring is 1. The summed E-state index contributed by atoms with van der Waals surface area (Å²) in [6.07, 6.45) is 0.630. The number of para-hydroxylation sites is 1. The lowest BCUT2D eigenvalue weighted by molar-refractivity contribution is 0.195. The molecule has 0 aliphatic rings. The number of aromatic nitrogens is 1. The Morgan fingerprint density at radius 1 is 1.15 bits per heavy atom. The first-order chi connectivity index (χ1) is 12.7. The number of rotatable bonds is 3. The zero-order chi connectivity index (χ0) is 19.8. The maximum atomic E-state index is 11.8. The Bertz CT molecular complexity index is 1010. The van der Waals surface area contributed by atoms with Crippen LogP contribution in [0.4, 0.5) is 16.2 Å². The van der Waals surface area contributed by atoms with E-state index < -0.39 is 11.6 Å². The molecule has 0 saturated heterocycles. The fourth-order valence-corrected chi connectivity index (χ4v) is 3.00. The molecule has 0 radical (unpaired) electrons. The Morgan fingerprint density at radius 3 is 2.56 bits per heavy atom. The first kappa shape index (κ1) is 18.5. The van der Waals surface area contributed by atoms with E-state index in [-0.39, 0.29) is 0 Å². The molecular formula is C21H23N3O3. The summed E-state index contributed by atoms with van der Waals surface area (Å²) in [6, 6.07) is 12.7. The van der Waals surface area contributed by atoms with E-state index in [2.05, 4.69) is 4.98 Å². The third kappa shape index (κ3) is 3.65. The number of pyridine rings is 1. The molecule has 0 bridgehead atoms. The van der Waals surface area contributed by atoms with Gasteiger partial charge in [0.25, 0.3) is 0 Å². The van der Waals surface area contributed by atoms with E-state index >= 15 is 0 Å². The van der Waals surface area contributed by atoms with Gasteiger partial charge in [0.1, 0.15) is 11.5 Å². The molecule has 0 atom stereocenters. The number of benzene rings is 2. The summed E-state index contributed by atoms with van der Waals surface area (Å²) < 4.78 is 6.15. The van der Waals surface area contributed by atoms with E-state index in [1.165, 1.54) is 4.90 Å². The summed E-state index contributed by atoms with van der Waals surface area (Å²) in [6.45, 7) is 7.46. The molecule has 3 aromatic rings. The molecule has 1 aromatic heterocycles. The lowest BCUT2D eigenvalue weighted by atomic mass is 10.0. The average Bonchev–Trinajstić information content (AvgIpc) is 2.57. The summed E-state index contributed by atoms with van der Waals surface area (Å²) >= 11 is 0. The highest BCUT2D eigenvalue weighted by molar-refractivity contribution is 5.93. The molecule has 6 heteroatoms. The van der Waals surface area contributed by atoms with Crippen molar-refractivity contribution >= 4 is 28.4 Å². The van der Waals surface area contributed by atoms with Gasteiger partial charge in [-0.1, -0.05) is 12.1 Å². The first-order valence-corrected chi connectivity index (χ1v) is 8.63. The molecule has 1 amide bonds. The number of nitrogens with two attached hydrogens (primary N) is 1. The fourth-order valence-electron chi connectivity index (χ4n) is 3.00. The van der Waals surface area contributed by atoms with Crippen molar-refractivity contribution in [1.82, 2.24) is 4.98 Å². The van der Waals surface area contributed by atoms with Crippen molar-refractivity contribution in [3.05, 3.63) is 54.2 Å². The number of carboxylic acid groups (broad SMARTS) is 1. The van der Waals surface area contributed by atoms with Gasteiger partial charge < -0.3 is 15.6 Å². The van der Waals surface area contributed by atoms with Crippen LogP contribution in [0.3, 0.4) is 0 Å². The van der Waals surface area contributed by atoms with Crippen LogP contribution in [0, 0.1) is 6.92 Å². The third-order valence-corrected chi connectivity index (χ3v) is 4.27. The molecule has 27 heavy (non-hydrogen) atoms. The summed E-state index contributed by atoms with van der Waals surface area (Å²) in [5.74, 6) is 1.20. The third-order valence-electron chi connectivity index (χ3n) is 4.27. The minimum absolute atomic E-state index is 0.550. The SMILES string of the molecule is Cc1ccc(N(C(=O)O)C(C)(C)C)cc1Oc1ccnc2c(N)cccc12. The van der Waals surface area contributed by atoms with Gasteiger partial charge in [-0.3, -0.25) is 9.88 Å². The molecular weight excluding hydrogens is 342 g/mol. The van der Waals surface area contributed by atoms with Crippen molar-refractivity contribution < 1.29 is 14.6 Å². The van der Waals surface area contributed by atoms with Crippen LogP contribution in [0.1, 0.15) is 26.3 Å². The van der Waals surface area contributed by atoms with E-state index in [0.29, 0.717) is 28.4 Å². The number of anilines is 2. The van der Waals surface area contributed by atoms with E-state index in [4.69, 9.17) is 10.5 Å². The van der Waals surface area contributed by atoms with Gasteiger partial charge >= 0.3 is 6.09 Å². The Kier molecular flexibility index (Phi) is 4.66. The van der Waals surface area contributed by atoms with Gasteiger partial charge in [0.05, 0.1) is 16.9 Å². The number of nitrogens with zero attached hydrogens (tertiary/aromatic N) is 2. The zero-order valence-electron chi connectivity index (χ0n) is 15.9. The Morgan fingerprint density at radius 2 is 1.89 bits per heavy atom. The van der Waals surface area contributed by atoms with Crippen LogP contribution >= 0.6 is 0 Å². The van der Waals surface area contributed by atoms with Crippen LogP contribution < -0.4 is 15.4 Å². The molecule has 2 aromatic carbocycles. The predicted octanol–water partition coefficient (Wildman–Crippen LogP) is 5.20. The molecule has 3 N–H and O–H groups in total. The minimum Gasteiger partial charge on any atom is -0.465 e. The number of amides is 1. The van der Waals surface area contributed by atoms with E-state index in [1.807, 2.05) is 45.9 Å². The van der Waals surface area contributed by atoms with Crippen LogP contribution in [0.25, 0.3) is 10.9 Å². The zero-order valence-corrected chi connectivity index (χ0v) is 15.9. The highest BCUT2D eigenvalue weighted by atomic mass is 16.5. The highest BCUT2D eigenvalue weighted by Crippen LogP contribution is 2.35. The summed E-state index contributed by atoms with van der Waals surface area (Å²) in [5.41, 5.74) is 8.11. The molecule has 0 aliphatic heterocycles. The molecule has 6 nitrogen and oxygen atoms in total. The van der Waals surface area contributed by atoms with Gasteiger partial charge in [-0.25, -0.2) is 4.79 Å². The van der Waals surface area contributed by atoms with Crippen molar-refractivity contribution in [2.24, 2.45) is 0 Å². The normalized spacial score (nSPS) is 11.4. The molecule has 3 rings (SSSR count). The molecule has 0 unspecified atom stereocenters. The van der Waals surface area contributed by atoms with E-state index in [9.17, 15) is 9.90 Å². The van der Waals surface area contributed by atoms with Crippen LogP contribution in [-0.2, 0) is 0 Å². The summed E-state index contributed by atoms with van der Waals surface area (Å²) in [5, 5.41) is 10.4. The van der Waals surface area contributed by atoms with Gasteiger partial charge in [-0.2, -0.15) is 0 Å². The first-order valence-electron chi connectivity index (χ1n) is 8.63. The Balaban J connectivity index is 2.06. The largest absolute Gasteiger partial charge is 0.465 e. The maximum absolute atomic E-state index is 11.8. The molecule has 0 aliphatic carbocycles. The number of fused-ring (bicyclic) bond motifs is 1. The fraction of sp³-hybridized carbons (Fsp3) is 0.238. The van der Waals surface area contributed by atoms with Gasteiger partial charge in [0.2, 0.25) is 0 Å². The second-order valence-electron chi connectivity index (χ2n) is 7.39. The molecule has 1 heterocycles. The lowest BCUT2D eigenvalue weighted by Crippen LogP contribution is -2.45. The summed E-state index contributed by atoms with van der Waals surface area (Å²) in [7, 11) is 0. The van der Waals surface area contributed by atoms with Gasteiger partial charge in [0.15, 0.2) is 0 Å². The second-order valence-corrected chi connectivity index (χ2v) is 7.39. The lowest BCUT2D eigenvalue weighted by Gasteiger charge is -2.33.